The van der Waals surface area contributed by atoms with Gasteiger partial charge in [-0.05, 0) is 49.7 Å². The predicted octanol–water partition coefficient (Wildman–Crippen LogP) is 3.72. The Morgan fingerprint density at radius 1 is 1.12 bits per heavy atom. The van der Waals surface area contributed by atoms with Crippen molar-refractivity contribution >= 4 is 11.6 Å². The molecule has 0 atom stereocenters. The van der Waals surface area contributed by atoms with Crippen LogP contribution in [0.5, 0.6) is 5.75 Å². The molecular formula is C13H12ClNO. The van der Waals surface area contributed by atoms with Gasteiger partial charge in [-0.25, -0.2) is 0 Å². The summed E-state index contributed by atoms with van der Waals surface area (Å²) in [6.07, 6.45) is 0. The van der Waals surface area contributed by atoms with Crippen LogP contribution in [0.2, 0.25) is 5.02 Å². The van der Waals surface area contributed by atoms with Crippen LogP contribution in [-0.2, 0) is 0 Å². The topological polar surface area (TPSA) is 33.1 Å². The molecule has 0 aliphatic rings. The first-order valence-corrected chi connectivity index (χ1v) is 5.39. The summed E-state index contributed by atoms with van der Waals surface area (Å²) in [6.45, 7) is 3.77. The number of aromatic hydroxyl groups is 1. The highest BCUT2D eigenvalue weighted by Gasteiger charge is 2.07. The van der Waals surface area contributed by atoms with Crippen molar-refractivity contribution in [2.75, 3.05) is 0 Å². The number of pyridine rings is 1. The van der Waals surface area contributed by atoms with Crippen molar-refractivity contribution in [3.63, 3.8) is 0 Å². The lowest BCUT2D eigenvalue weighted by atomic mass is 10.1. The third-order valence-electron chi connectivity index (χ3n) is 2.46. The molecule has 0 unspecified atom stereocenters. The number of hydrogen-bond donors (Lipinski definition) is 1. The summed E-state index contributed by atoms with van der Waals surface area (Å²) in [5.74, 6) is 0.285. The first-order chi connectivity index (χ1) is 7.58. The Labute approximate surface area is 99.5 Å². The summed E-state index contributed by atoms with van der Waals surface area (Å²) in [4.78, 5) is 4.40. The van der Waals surface area contributed by atoms with Gasteiger partial charge < -0.3 is 5.11 Å². The highest BCUT2D eigenvalue weighted by atomic mass is 35.5. The van der Waals surface area contributed by atoms with E-state index in [1.807, 2.05) is 38.1 Å². The highest BCUT2D eigenvalue weighted by Crippen LogP contribution is 2.29. The molecule has 0 radical (unpaired) electrons. The third kappa shape index (κ3) is 2.02. The number of nitrogens with zero attached hydrogens (tertiary/aromatic N) is 1. The molecule has 0 amide bonds. The number of aromatic nitrogens is 1. The van der Waals surface area contributed by atoms with Crippen molar-refractivity contribution in [1.29, 1.82) is 0 Å². The zero-order chi connectivity index (χ0) is 11.7. The van der Waals surface area contributed by atoms with E-state index in [-0.39, 0.29) is 5.75 Å². The maximum atomic E-state index is 9.46. The molecule has 0 aliphatic carbocycles. The van der Waals surface area contributed by atoms with Gasteiger partial charge in [0.05, 0.1) is 10.7 Å². The quantitative estimate of drug-likeness (QED) is 0.814. The summed E-state index contributed by atoms with van der Waals surface area (Å²) in [5, 5.41) is 10.1. The van der Waals surface area contributed by atoms with E-state index >= 15 is 0 Å². The minimum atomic E-state index is 0.285. The van der Waals surface area contributed by atoms with Crippen LogP contribution in [0.15, 0.2) is 30.3 Å². The average Bonchev–Trinajstić information content (AvgIpc) is 2.26. The highest BCUT2D eigenvalue weighted by molar-refractivity contribution is 6.33. The van der Waals surface area contributed by atoms with Crippen LogP contribution in [0.25, 0.3) is 11.3 Å². The molecule has 2 aromatic rings. The number of benzene rings is 1. The monoisotopic (exact) mass is 233 g/mol. The number of rotatable bonds is 1. The lowest BCUT2D eigenvalue weighted by Crippen LogP contribution is -1.89. The second kappa shape index (κ2) is 4.14. The van der Waals surface area contributed by atoms with Gasteiger partial charge in [0.25, 0.3) is 0 Å². The van der Waals surface area contributed by atoms with Crippen LogP contribution in [0.1, 0.15) is 11.3 Å². The Kier molecular flexibility index (Phi) is 2.84. The van der Waals surface area contributed by atoms with E-state index in [9.17, 15) is 5.11 Å². The summed E-state index contributed by atoms with van der Waals surface area (Å²) < 4.78 is 0. The molecule has 0 spiro atoms. The van der Waals surface area contributed by atoms with Crippen LogP contribution < -0.4 is 0 Å². The van der Waals surface area contributed by atoms with Gasteiger partial charge >= 0.3 is 0 Å². The molecular weight excluding hydrogens is 222 g/mol. The Morgan fingerprint density at radius 3 is 2.56 bits per heavy atom. The third-order valence-corrected chi connectivity index (χ3v) is 2.76. The van der Waals surface area contributed by atoms with Gasteiger partial charge in [-0.2, -0.15) is 0 Å². The van der Waals surface area contributed by atoms with Crippen LogP contribution in [0.4, 0.5) is 0 Å². The van der Waals surface area contributed by atoms with Gasteiger partial charge in [0.15, 0.2) is 0 Å². The molecule has 3 heteroatoms. The van der Waals surface area contributed by atoms with Crippen molar-refractivity contribution in [3.05, 3.63) is 46.6 Å². The first kappa shape index (κ1) is 11.0. The van der Waals surface area contributed by atoms with E-state index in [2.05, 4.69) is 4.98 Å². The predicted molar refractivity (Wildman–Crippen MR) is 65.8 cm³/mol. The normalized spacial score (nSPS) is 10.4. The number of halogens is 1. The molecule has 1 N–H and O–H groups in total. The lowest BCUT2D eigenvalue weighted by molar-refractivity contribution is 0.471. The van der Waals surface area contributed by atoms with Gasteiger partial charge in [0.2, 0.25) is 0 Å². The second-order valence-electron chi connectivity index (χ2n) is 3.78. The molecule has 0 aliphatic heterocycles. The van der Waals surface area contributed by atoms with Crippen molar-refractivity contribution in [1.82, 2.24) is 4.98 Å². The first-order valence-electron chi connectivity index (χ1n) is 5.01. The number of hydrogen-bond acceptors (Lipinski definition) is 2. The fourth-order valence-corrected chi connectivity index (χ4v) is 1.76. The van der Waals surface area contributed by atoms with E-state index < -0.39 is 0 Å². The van der Waals surface area contributed by atoms with Gasteiger partial charge in [-0.15, -0.1) is 0 Å². The molecule has 1 heterocycles. The largest absolute Gasteiger partial charge is 0.508 e. The van der Waals surface area contributed by atoms with E-state index in [1.165, 1.54) is 0 Å². The number of phenolic OH excluding ortho intramolecular Hbond substituents is 1. The van der Waals surface area contributed by atoms with E-state index in [0.29, 0.717) is 5.02 Å². The molecule has 1 aromatic carbocycles. The minimum Gasteiger partial charge on any atom is -0.508 e. The molecule has 1 aromatic heterocycles. The summed E-state index contributed by atoms with van der Waals surface area (Å²) >= 11 is 6.10. The zero-order valence-corrected chi connectivity index (χ0v) is 9.92. The summed E-state index contributed by atoms with van der Waals surface area (Å²) in [5.41, 5.74) is 3.41. The maximum absolute atomic E-state index is 9.46. The Balaban J connectivity index is 2.58. The van der Waals surface area contributed by atoms with Gasteiger partial charge in [0.1, 0.15) is 5.75 Å². The van der Waals surface area contributed by atoms with Gasteiger partial charge in [-0.3, -0.25) is 4.98 Å². The lowest BCUT2D eigenvalue weighted by Gasteiger charge is -2.06. The molecule has 0 fully saturated rings. The molecule has 16 heavy (non-hydrogen) atoms. The standard InChI is InChI=1S/C13H12ClNO/c1-8-7-10(4-6-12(8)16)13-11(14)5-3-9(2)15-13/h3-7,16H,1-2H3. The number of aryl methyl sites for hydroxylation is 2. The smallest absolute Gasteiger partial charge is 0.118 e. The molecule has 0 saturated heterocycles. The van der Waals surface area contributed by atoms with Crippen LogP contribution in [0, 0.1) is 13.8 Å². The average molecular weight is 234 g/mol. The van der Waals surface area contributed by atoms with Crippen LogP contribution in [-0.4, -0.2) is 10.1 Å². The van der Waals surface area contributed by atoms with Gasteiger partial charge in [-0.1, -0.05) is 11.6 Å². The van der Waals surface area contributed by atoms with Crippen LogP contribution in [0.3, 0.4) is 0 Å². The fraction of sp³-hybridized carbons (Fsp3) is 0.154. The van der Waals surface area contributed by atoms with Crippen molar-refractivity contribution in [3.8, 4) is 17.0 Å². The molecule has 0 bridgehead atoms. The Morgan fingerprint density at radius 2 is 1.88 bits per heavy atom. The fourth-order valence-electron chi connectivity index (χ4n) is 1.54. The SMILES string of the molecule is Cc1ccc(Cl)c(-c2ccc(O)c(C)c2)n1. The maximum Gasteiger partial charge on any atom is 0.118 e. The van der Waals surface area contributed by atoms with E-state index in [1.54, 1.807) is 6.07 Å². The summed E-state index contributed by atoms with van der Waals surface area (Å²) in [7, 11) is 0. The van der Waals surface area contributed by atoms with Crippen molar-refractivity contribution in [2.24, 2.45) is 0 Å². The minimum absolute atomic E-state index is 0.285. The van der Waals surface area contributed by atoms with E-state index in [4.69, 9.17) is 11.6 Å². The van der Waals surface area contributed by atoms with Crippen molar-refractivity contribution < 1.29 is 5.11 Å². The Bertz CT molecular complexity index is 537. The molecule has 2 rings (SSSR count). The zero-order valence-electron chi connectivity index (χ0n) is 9.16. The molecule has 82 valence electrons. The van der Waals surface area contributed by atoms with Crippen molar-refractivity contribution in [2.45, 2.75) is 13.8 Å². The van der Waals surface area contributed by atoms with E-state index in [0.717, 1.165) is 22.5 Å². The Hall–Kier alpha value is -1.54. The summed E-state index contributed by atoms with van der Waals surface area (Å²) in [6, 6.07) is 9.06. The van der Waals surface area contributed by atoms with Gasteiger partial charge in [0, 0.05) is 11.3 Å². The van der Waals surface area contributed by atoms with Crippen LogP contribution >= 0.6 is 11.6 Å². The second-order valence-corrected chi connectivity index (χ2v) is 4.19. The number of phenols is 1. The molecule has 0 saturated carbocycles. The molecule has 2 nitrogen and oxygen atoms in total.